The number of hydrogen-bond acceptors (Lipinski definition) is 6. The molecular formula is C21H24ClN3O5S2. The number of hydrogen-bond donors (Lipinski definition) is 1. The number of rotatable bonds is 6. The van der Waals surface area contributed by atoms with E-state index >= 15 is 0 Å². The van der Waals surface area contributed by atoms with E-state index in [4.69, 9.17) is 16.3 Å². The molecule has 4 rings (SSSR count). The average Bonchev–Trinajstić information content (AvgIpc) is 3.51. The molecule has 2 aromatic rings. The maximum absolute atomic E-state index is 13.0. The first kappa shape index (κ1) is 23.2. The Kier molecular flexibility index (Phi) is 7.16. The van der Waals surface area contributed by atoms with Gasteiger partial charge in [0.25, 0.3) is 11.8 Å². The van der Waals surface area contributed by atoms with E-state index < -0.39 is 10.0 Å². The molecule has 2 aliphatic rings. The summed E-state index contributed by atoms with van der Waals surface area (Å²) in [7, 11) is -3.89. The van der Waals surface area contributed by atoms with Crippen LogP contribution < -0.4 is 4.72 Å². The zero-order chi connectivity index (χ0) is 22.7. The van der Waals surface area contributed by atoms with Gasteiger partial charge in [-0.3, -0.25) is 9.59 Å². The summed E-state index contributed by atoms with van der Waals surface area (Å²) < 4.78 is 33.5. The molecule has 0 aliphatic carbocycles. The zero-order valence-corrected chi connectivity index (χ0v) is 19.7. The quantitative estimate of drug-likeness (QED) is 0.661. The van der Waals surface area contributed by atoms with E-state index in [9.17, 15) is 18.0 Å². The highest BCUT2D eigenvalue weighted by Gasteiger charge is 2.28. The van der Waals surface area contributed by atoms with E-state index in [1.807, 2.05) is 11.4 Å². The zero-order valence-electron chi connectivity index (χ0n) is 17.3. The third-order valence-corrected chi connectivity index (χ3v) is 8.34. The number of nitrogens with one attached hydrogen (secondary N) is 1. The van der Waals surface area contributed by atoms with Crippen molar-refractivity contribution in [3.05, 3.63) is 51.2 Å². The van der Waals surface area contributed by atoms with E-state index in [2.05, 4.69) is 4.72 Å². The summed E-state index contributed by atoms with van der Waals surface area (Å²) in [5.41, 5.74) is 0.241. The van der Waals surface area contributed by atoms with Crippen LogP contribution in [0.1, 0.15) is 32.9 Å². The number of carbonyl (C=O) groups excluding carboxylic acids is 2. The molecule has 11 heteroatoms. The molecule has 0 bridgehead atoms. The third kappa shape index (κ3) is 5.15. The standard InChI is InChI=1S/C21H24ClN3O5S2/c22-17-6-5-15(13-19(17)32(28,29)23-14-16-3-1-11-30-16)20(26)24-7-9-25(10-8-24)21(27)18-4-2-12-31-18/h2,4-6,12-13,16,23H,1,3,7-11,14H2/t16-/m0/s1. The second-order valence-electron chi connectivity index (χ2n) is 7.69. The van der Waals surface area contributed by atoms with Crippen molar-refractivity contribution in [2.45, 2.75) is 23.8 Å². The van der Waals surface area contributed by atoms with Gasteiger partial charge in [-0.15, -0.1) is 11.3 Å². The summed E-state index contributed by atoms with van der Waals surface area (Å²) in [5, 5.41) is 1.90. The lowest BCUT2D eigenvalue weighted by Crippen LogP contribution is -2.50. The number of piperazine rings is 1. The molecule has 0 spiro atoms. The molecule has 0 radical (unpaired) electrons. The Bertz CT molecular complexity index is 1080. The highest BCUT2D eigenvalue weighted by Crippen LogP contribution is 2.24. The van der Waals surface area contributed by atoms with Crippen LogP contribution >= 0.6 is 22.9 Å². The number of thiophene rings is 1. The van der Waals surface area contributed by atoms with Gasteiger partial charge in [-0.2, -0.15) is 0 Å². The molecule has 0 saturated carbocycles. The molecule has 2 aliphatic heterocycles. The minimum atomic E-state index is -3.89. The number of halogens is 1. The van der Waals surface area contributed by atoms with E-state index in [0.29, 0.717) is 37.7 Å². The summed E-state index contributed by atoms with van der Waals surface area (Å²) in [5.74, 6) is -0.329. The number of amides is 2. The Labute approximate surface area is 196 Å². The Morgan fingerprint density at radius 2 is 1.84 bits per heavy atom. The molecule has 1 aromatic heterocycles. The normalized spacial score (nSPS) is 19.3. The van der Waals surface area contributed by atoms with Crippen molar-refractivity contribution in [3.63, 3.8) is 0 Å². The predicted molar refractivity (Wildman–Crippen MR) is 122 cm³/mol. The van der Waals surface area contributed by atoms with Crippen molar-refractivity contribution in [1.29, 1.82) is 0 Å². The highest BCUT2D eigenvalue weighted by atomic mass is 35.5. The molecule has 172 valence electrons. The van der Waals surface area contributed by atoms with Crippen LogP contribution in [0.25, 0.3) is 0 Å². The number of benzene rings is 1. The maximum Gasteiger partial charge on any atom is 0.264 e. The van der Waals surface area contributed by atoms with Crippen LogP contribution in [0, 0.1) is 0 Å². The fourth-order valence-corrected chi connectivity index (χ4v) is 6.06. The van der Waals surface area contributed by atoms with Gasteiger partial charge in [0.1, 0.15) is 4.90 Å². The Morgan fingerprint density at radius 1 is 1.12 bits per heavy atom. The number of carbonyl (C=O) groups is 2. The monoisotopic (exact) mass is 497 g/mol. The maximum atomic E-state index is 13.0. The average molecular weight is 498 g/mol. The van der Waals surface area contributed by atoms with Gasteiger partial charge in [-0.25, -0.2) is 13.1 Å². The van der Waals surface area contributed by atoms with E-state index in [-0.39, 0.29) is 39.9 Å². The minimum absolute atomic E-state index is 0.0377. The van der Waals surface area contributed by atoms with Crippen LogP contribution in [-0.4, -0.2) is 75.5 Å². The molecule has 2 saturated heterocycles. The first-order valence-electron chi connectivity index (χ1n) is 10.4. The van der Waals surface area contributed by atoms with Gasteiger partial charge in [0.15, 0.2) is 0 Å². The van der Waals surface area contributed by atoms with Crippen molar-refractivity contribution >= 4 is 44.8 Å². The SMILES string of the molecule is O=C(c1ccc(Cl)c(S(=O)(=O)NC[C@@H]2CCCO2)c1)N1CCN(C(=O)c2cccs2)CC1. The van der Waals surface area contributed by atoms with Gasteiger partial charge in [0.2, 0.25) is 10.0 Å². The second-order valence-corrected chi connectivity index (χ2v) is 10.8. The van der Waals surface area contributed by atoms with Crippen LogP contribution in [0.15, 0.2) is 40.6 Å². The summed E-state index contributed by atoms with van der Waals surface area (Å²) in [6.07, 6.45) is 1.56. The van der Waals surface area contributed by atoms with Gasteiger partial charge >= 0.3 is 0 Å². The van der Waals surface area contributed by atoms with E-state index in [0.717, 1.165) is 12.8 Å². The Morgan fingerprint density at radius 3 is 2.47 bits per heavy atom. The molecule has 2 amide bonds. The fourth-order valence-electron chi connectivity index (χ4n) is 3.78. The molecule has 0 unspecified atom stereocenters. The van der Waals surface area contributed by atoms with Crippen molar-refractivity contribution < 1.29 is 22.7 Å². The van der Waals surface area contributed by atoms with Crippen molar-refractivity contribution in [2.24, 2.45) is 0 Å². The molecule has 8 nitrogen and oxygen atoms in total. The van der Waals surface area contributed by atoms with Gasteiger partial charge in [-0.05, 0) is 42.5 Å². The van der Waals surface area contributed by atoms with Crippen molar-refractivity contribution in [1.82, 2.24) is 14.5 Å². The van der Waals surface area contributed by atoms with E-state index in [1.54, 1.807) is 15.9 Å². The summed E-state index contributed by atoms with van der Waals surface area (Å²) >= 11 is 7.54. The lowest BCUT2D eigenvalue weighted by atomic mass is 10.2. The van der Waals surface area contributed by atoms with Gasteiger partial charge in [0, 0.05) is 44.9 Å². The third-order valence-electron chi connectivity index (χ3n) is 5.58. The van der Waals surface area contributed by atoms with Gasteiger partial charge in [0.05, 0.1) is 16.0 Å². The molecule has 2 fully saturated rings. The molecular weight excluding hydrogens is 474 g/mol. The lowest BCUT2D eigenvalue weighted by molar-refractivity contribution is 0.0538. The first-order chi connectivity index (χ1) is 15.3. The number of ether oxygens (including phenoxy) is 1. The van der Waals surface area contributed by atoms with Gasteiger partial charge in [-0.1, -0.05) is 17.7 Å². The molecule has 32 heavy (non-hydrogen) atoms. The Hall–Kier alpha value is -1.98. The minimum Gasteiger partial charge on any atom is -0.377 e. The first-order valence-corrected chi connectivity index (χ1v) is 13.1. The van der Waals surface area contributed by atoms with Crippen LogP contribution in [-0.2, 0) is 14.8 Å². The Balaban J connectivity index is 1.41. The molecule has 1 N–H and O–H groups in total. The highest BCUT2D eigenvalue weighted by molar-refractivity contribution is 7.89. The van der Waals surface area contributed by atoms with E-state index in [1.165, 1.54) is 29.5 Å². The van der Waals surface area contributed by atoms with Crippen molar-refractivity contribution in [3.8, 4) is 0 Å². The van der Waals surface area contributed by atoms with Crippen LogP contribution in [0.4, 0.5) is 0 Å². The second kappa shape index (κ2) is 9.88. The smallest absolute Gasteiger partial charge is 0.264 e. The van der Waals surface area contributed by atoms with Crippen LogP contribution in [0.5, 0.6) is 0 Å². The van der Waals surface area contributed by atoms with Gasteiger partial charge < -0.3 is 14.5 Å². The predicted octanol–water partition coefficient (Wildman–Crippen LogP) is 2.46. The fraction of sp³-hybridized carbons (Fsp3) is 0.429. The molecule has 1 atom stereocenters. The molecule has 3 heterocycles. The largest absolute Gasteiger partial charge is 0.377 e. The summed E-state index contributed by atoms with van der Waals surface area (Å²) in [6.45, 7) is 2.38. The number of sulfonamides is 1. The van der Waals surface area contributed by atoms with Crippen molar-refractivity contribution in [2.75, 3.05) is 39.3 Å². The van der Waals surface area contributed by atoms with Crippen LogP contribution in [0.3, 0.4) is 0 Å². The number of nitrogens with zero attached hydrogens (tertiary/aromatic N) is 2. The lowest BCUT2D eigenvalue weighted by Gasteiger charge is -2.34. The summed E-state index contributed by atoms with van der Waals surface area (Å²) in [6, 6.07) is 7.87. The molecule has 1 aromatic carbocycles. The van der Waals surface area contributed by atoms with Crippen LogP contribution in [0.2, 0.25) is 5.02 Å². The topological polar surface area (TPSA) is 96.0 Å². The summed E-state index contributed by atoms with van der Waals surface area (Å²) in [4.78, 5) is 29.4.